The van der Waals surface area contributed by atoms with Gasteiger partial charge in [-0.05, 0) is 44.7 Å². The first kappa shape index (κ1) is 23.2. The molecule has 0 aliphatic carbocycles. The standard InChI is InChI=1S/C9H17N.C7H11NO.C3H3N/c1-2-3-7-10-8-5-4-6-9-10;1-2-7(6-9)4-3-5-8;1-2-3-4/h3,7H,2,4-6,8-9H2,1H3;6-7H,2-4H2,1H3;2H,1H2/b7-3+;;. The quantitative estimate of drug-likeness (QED) is 0.530. The predicted octanol–water partition coefficient (Wildman–Crippen LogP) is 4.61. The van der Waals surface area contributed by atoms with Crippen LogP contribution in [0.25, 0.3) is 0 Å². The van der Waals surface area contributed by atoms with Crippen molar-refractivity contribution in [2.75, 3.05) is 13.1 Å². The Balaban J connectivity index is 0. The molecule has 1 unspecified atom stereocenters. The highest BCUT2D eigenvalue weighted by atomic mass is 16.1. The number of rotatable bonds is 6. The maximum absolute atomic E-state index is 10.1. The molecule has 1 atom stereocenters. The zero-order valence-electron chi connectivity index (χ0n) is 14.7. The SMILES string of the molecule is C=CC#N.CC/C=C/N1CCCCC1.CCC(C=O)CCC#N. The van der Waals surface area contributed by atoms with E-state index < -0.39 is 0 Å². The highest BCUT2D eigenvalue weighted by molar-refractivity contribution is 5.53. The average molecular weight is 317 g/mol. The summed E-state index contributed by atoms with van der Waals surface area (Å²) in [5.41, 5.74) is 0. The molecule has 0 aromatic heterocycles. The molecule has 0 spiro atoms. The van der Waals surface area contributed by atoms with Crippen LogP contribution in [0.5, 0.6) is 0 Å². The predicted molar refractivity (Wildman–Crippen MR) is 95.4 cm³/mol. The Bertz CT molecular complexity index is 384. The number of nitriles is 2. The molecule has 128 valence electrons. The first-order chi connectivity index (χ1) is 11.2. The fourth-order valence-electron chi connectivity index (χ4n) is 1.94. The summed E-state index contributed by atoms with van der Waals surface area (Å²) in [5.74, 6) is 0.102. The molecule has 4 nitrogen and oxygen atoms in total. The van der Waals surface area contributed by atoms with Gasteiger partial charge in [-0.25, -0.2) is 0 Å². The second-order valence-corrected chi connectivity index (χ2v) is 5.22. The molecule has 4 heteroatoms. The number of hydrogen-bond acceptors (Lipinski definition) is 4. The van der Waals surface area contributed by atoms with Crippen molar-refractivity contribution in [3.05, 3.63) is 24.9 Å². The number of likely N-dealkylation sites (tertiary alicyclic amines) is 1. The Morgan fingerprint density at radius 3 is 2.22 bits per heavy atom. The molecule has 1 fully saturated rings. The first-order valence-electron chi connectivity index (χ1n) is 8.43. The Morgan fingerprint density at radius 2 is 1.83 bits per heavy atom. The van der Waals surface area contributed by atoms with Crippen LogP contribution in [0.1, 0.15) is 58.8 Å². The minimum Gasteiger partial charge on any atom is -0.378 e. The molecular formula is C19H31N3O. The van der Waals surface area contributed by atoms with Crippen molar-refractivity contribution in [2.45, 2.75) is 58.8 Å². The van der Waals surface area contributed by atoms with Crippen LogP contribution in [0.3, 0.4) is 0 Å². The van der Waals surface area contributed by atoms with Crippen molar-refractivity contribution < 1.29 is 4.79 Å². The second kappa shape index (κ2) is 19.9. The van der Waals surface area contributed by atoms with Gasteiger partial charge in [-0.2, -0.15) is 10.5 Å². The lowest BCUT2D eigenvalue weighted by molar-refractivity contribution is -0.111. The maximum atomic E-state index is 10.1. The van der Waals surface area contributed by atoms with E-state index in [2.05, 4.69) is 30.7 Å². The van der Waals surface area contributed by atoms with E-state index in [0.717, 1.165) is 25.5 Å². The molecule has 0 N–H and O–H groups in total. The van der Waals surface area contributed by atoms with Gasteiger partial charge in [0.05, 0.1) is 12.1 Å². The molecule has 0 bridgehead atoms. The Kier molecular flexibility index (Phi) is 20.1. The number of carbonyl (C=O) groups excluding carboxylic acids is 1. The first-order valence-corrected chi connectivity index (χ1v) is 8.43. The van der Waals surface area contributed by atoms with Gasteiger partial charge in [0.25, 0.3) is 0 Å². The molecule has 1 rings (SSSR count). The van der Waals surface area contributed by atoms with Gasteiger partial charge in [0.1, 0.15) is 6.29 Å². The molecule has 0 saturated carbocycles. The number of piperidine rings is 1. The minimum atomic E-state index is 0.102. The zero-order chi connectivity index (χ0) is 17.8. The molecule has 1 aliphatic heterocycles. The minimum absolute atomic E-state index is 0.102. The summed E-state index contributed by atoms with van der Waals surface area (Å²) in [6.07, 6.45) is 14.0. The van der Waals surface area contributed by atoms with Crippen molar-refractivity contribution >= 4 is 6.29 Å². The summed E-state index contributed by atoms with van der Waals surface area (Å²) in [5, 5.41) is 15.6. The van der Waals surface area contributed by atoms with Crippen LogP contribution < -0.4 is 0 Å². The maximum Gasteiger partial charge on any atom is 0.123 e. The van der Waals surface area contributed by atoms with E-state index in [0.29, 0.717) is 6.42 Å². The lowest BCUT2D eigenvalue weighted by Crippen LogP contribution is -2.23. The van der Waals surface area contributed by atoms with Crippen molar-refractivity contribution in [3.63, 3.8) is 0 Å². The monoisotopic (exact) mass is 317 g/mol. The van der Waals surface area contributed by atoms with Crippen LogP contribution in [-0.4, -0.2) is 24.3 Å². The number of allylic oxidation sites excluding steroid dienone is 2. The van der Waals surface area contributed by atoms with E-state index >= 15 is 0 Å². The highest BCUT2D eigenvalue weighted by Gasteiger charge is 2.04. The van der Waals surface area contributed by atoms with Gasteiger partial charge in [0, 0.05) is 31.5 Å². The number of nitrogens with zero attached hydrogens (tertiary/aromatic N) is 3. The largest absolute Gasteiger partial charge is 0.378 e. The van der Waals surface area contributed by atoms with E-state index in [4.69, 9.17) is 10.5 Å². The van der Waals surface area contributed by atoms with Crippen molar-refractivity contribution in [2.24, 2.45) is 5.92 Å². The second-order valence-electron chi connectivity index (χ2n) is 5.22. The van der Waals surface area contributed by atoms with E-state index in [1.807, 2.05) is 13.0 Å². The molecule has 1 saturated heterocycles. The lowest BCUT2D eigenvalue weighted by atomic mass is 10.0. The third kappa shape index (κ3) is 17.9. The van der Waals surface area contributed by atoms with Crippen molar-refractivity contribution in [1.82, 2.24) is 4.90 Å². The van der Waals surface area contributed by atoms with Gasteiger partial charge in [0.15, 0.2) is 0 Å². The van der Waals surface area contributed by atoms with Gasteiger partial charge in [-0.15, -0.1) is 0 Å². The molecule has 1 aliphatic rings. The van der Waals surface area contributed by atoms with Crippen molar-refractivity contribution in [3.8, 4) is 12.1 Å². The average Bonchev–Trinajstić information content (AvgIpc) is 2.62. The molecule has 0 aromatic rings. The summed E-state index contributed by atoms with van der Waals surface area (Å²) in [7, 11) is 0. The van der Waals surface area contributed by atoms with E-state index in [1.54, 1.807) is 6.07 Å². The number of aldehydes is 1. The normalized spacial score (nSPS) is 14.2. The van der Waals surface area contributed by atoms with Crippen LogP contribution >= 0.6 is 0 Å². The molecule has 0 amide bonds. The topological polar surface area (TPSA) is 67.9 Å². The summed E-state index contributed by atoms with van der Waals surface area (Å²) in [4.78, 5) is 12.6. The molecule has 23 heavy (non-hydrogen) atoms. The Morgan fingerprint density at radius 1 is 1.22 bits per heavy atom. The summed E-state index contributed by atoms with van der Waals surface area (Å²) < 4.78 is 0. The Labute approximate surface area is 142 Å². The van der Waals surface area contributed by atoms with Gasteiger partial charge >= 0.3 is 0 Å². The molecule has 0 radical (unpaired) electrons. The molecule has 0 aromatic carbocycles. The van der Waals surface area contributed by atoms with Gasteiger partial charge < -0.3 is 9.69 Å². The van der Waals surface area contributed by atoms with Gasteiger partial charge in [0.2, 0.25) is 0 Å². The summed E-state index contributed by atoms with van der Waals surface area (Å²) >= 11 is 0. The lowest BCUT2D eigenvalue weighted by Gasteiger charge is -2.24. The van der Waals surface area contributed by atoms with E-state index in [1.165, 1.54) is 38.4 Å². The van der Waals surface area contributed by atoms with Crippen LogP contribution in [0, 0.1) is 28.6 Å². The van der Waals surface area contributed by atoms with Gasteiger partial charge in [-0.3, -0.25) is 0 Å². The highest BCUT2D eigenvalue weighted by Crippen LogP contribution is 2.08. The molecule has 1 heterocycles. The fourth-order valence-corrected chi connectivity index (χ4v) is 1.94. The summed E-state index contributed by atoms with van der Waals surface area (Å²) in [6.45, 7) is 9.80. The fraction of sp³-hybridized carbons (Fsp3) is 0.632. The van der Waals surface area contributed by atoms with Gasteiger partial charge in [-0.1, -0.05) is 26.5 Å². The summed E-state index contributed by atoms with van der Waals surface area (Å²) in [6, 6.07) is 3.70. The van der Waals surface area contributed by atoms with Crippen LogP contribution in [0.4, 0.5) is 0 Å². The molecular weight excluding hydrogens is 286 g/mol. The van der Waals surface area contributed by atoms with Crippen LogP contribution in [-0.2, 0) is 4.79 Å². The number of hydrogen-bond donors (Lipinski definition) is 0. The number of carbonyl (C=O) groups is 1. The Hall–Kier alpha value is -2.07. The zero-order valence-corrected chi connectivity index (χ0v) is 14.7. The van der Waals surface area contributed by atoms with Crippen LogP contribution in [0.15, 0.2) is 24.9 Å². The third-order valence-corrected chi connectivity index (χ3v) is 3.38. The third-order valence-electron chi connectivity index (χ3n) is 3.38. The van der Waals surface area contributed by atoms with Crippen LogP contribution in [0.2, 0.25) is 0 Å². The van der Waals surface area contributed by atoms with E-state index in [9.17, 15) is 4.79 Å². The smallest absolute Gasteiger partial charge is 0.123 e. The van der Waals surface area contributed by atoms with E-state index in [-0.39, 0.29) is 5.92 Å². The van der Waals surface area contributed by atoms with Crippen molar-refractivity contribution in [1.29, 1.82) is 10.5 Å².